The maximum atomic E-state index is 12.9. The number of carbonyl (C=O) groups excluding carboxylic acids is 1. The third-order valence-electron chi connectivity index (χ3n) is 7.36. The van der Waals surface area contributed by atoms with Crippen LogP contribution in [0.4, 0.5) is 0 Å². The van der Waals surface area contributed by atoms with Gasteiger partial charge >= 0.3 is 0 Å². The van der Waals surface area contributed by atoms with Gasteiger partial charge in [0, 0.05) is 32.6 Å². The van der Waals surface area contributed by atoms with Crippen LogP contribution in [0.5, 0.6) is 11.5 Å². The van der Waals surface area contributed by atoms with Crippen molar-refractivity contribution in [2.24, 2.45) is 29.6 Å². The zero-order valence-corrected chi connectivity index (χ0v) is 24.8. The van der Waals surface area contributed by atoms with Gasteiger partial charge in [0.25, 0.3) is 0 Å². The lowest BCUT2D eigenvalue weighted by Gasteiger charge is -2.26. The predicted octanol–water partition coefficient (Wildman–Crippen LogP) is 6.28. The standard InChI is InChI=1S/C31H55NO5/c1-9-11-24(6)21-32-31(34)28(23(4)5)20-27(33)14-13-26(22(2)3)18-25-12-15-29(36-8)30(19-25)37-17-10-16-35-7/h12,15,19,22-24,26-28,33H,9-11,13-14,16-18,20-21H2,1-8H3,(H,32,34)/t24?,26?,27-,28?/m1/s1. The summed E-state index contributed by atoms with van der Waals surface area (Å²) >= 11 is 0. The third-order valence-corrected chi connectivity index (χ3v) is 7.36. The number of carbonyl (C=O) groups is 1. The van der Waals surface area contributed by atoms with E-state index in [4.69, 9.17) is 14.2 Å². The van der Waals surface area contributed by atoms with E-state index in [0.717, 1.165) is 43.6 Å². The second kappa shape index (κ2) is 18.5. The number of hydrogen-bond acceptors (Lipinski definition) is 5. The molecule has 0 fully saturated rings. The Kier molecular flexibility index (Phi) is 16.6. The predicted molar refractivity (Wildman–Crippen MR) is 152 cm³/mol. The topological polar surface area (TPSA) is 77.0 Å². The molecule has 1 rings (SSSR count). The van der Waals surface area contributed by atoms with Crippen LogP contribution in [0, 0.1) is 29.6 Å². The van der Waals surface area contributed by atoms with Gasteiger partial charge in [0.1, 0.15) is 0 Å². The number of nitrogens with one attached hydrogen (secondary N) is 1. The first-order valence-corrected chi connectivity index (χ1v) is 14.4. The van der Waals surface area contributed by atoms with Gasteiger partial charge < -0.3 is 24.6 Å². The SMILES string of the molecule is CCCC(C)CNC(=O)C(C[C@H](O)CCC(Cc1ccc(OC)c(OCCCOC)c1)C(C)C)C(C)C. The van der Waals surface area contributed by atoms with Gasteiger partial charge in [-0.3, -0.25) is 4.79 Å². The van der Waals surface area contributed by atoms with Crippen LogP contribution in [0.3, 0.4) is 0 Å². The van der Waals surface area contributed by atoms with Gasteiger partial charge in [0.2, 0.25) is 5.91 Å². The van der Waals surface area contributed by atoms with Gasteiger partial charge in [-0.05, 0) is 73.5 Å². The molecule has 0 bridgehead atoms. The van der Waals surface area contributed by atoms with Gasteiger partial charge in [-0.2, -0.15) is 0 Å². The molecular weight excluding hydrogens is 466 g/mol. The van der Waals surface area contributed by atoms with E-state index < -0.39 is 6.10 Å². The van der Waals surface area contributed by atoms with Crippen molar-refractivity contribution < 1.29 is 24.1 Å². The molecule has 6 heteroatoms. The van der Waals surface area contributed by atoms with Gasteiger partial charge in [-0.25, -0.2) is 0 Å². The summed E-state index contributed by atoms with van der Waals surface area (Å²) in [5.41, 5.74) is 1.20. The average molecular weight is 522 g/mol. The molecule has 1 aromatic rings. The first-order chi connectivity index (χ1) is 17.6. The van der Waals surface area contributed by atoms with Crippen molar-refractivity contribution in [1.29, 1.82) is 0 Å². The minimum Gasteiger partial charge on any atom is -0.493 e. The van der Waals surface area contributed by atoms with Crippen molar-refractivity contribution >= 4 is 5.91 Å². The monoisotopic (exact) mass is 521 g/mol. The fraction of sp³-hybridized carbons (Fsp3) is 0.774. The Morgan fingerprint density at radius 2 is 1.70 bits per heavy atom. The molecule has 0 radical (unpaired) electrons. The zero-order valence-electron chi connectivity index (χ0n) is 24.8. The Labute approximate surface area is 226 Å². The summed E-state index contributed by atoms with van der Waals surface area (Å²) in [6, 6.07) is 6.15. The molecule has 1 aromatic carbocycles. The number of methoxy groups -OCH3 is 2. The second-order valence-electron chi connectivity index (χ2n) is 11.3. The highest BCUT2D eigenvalue weighted by Gasteiger charge is 2.26. The molecule has 3 unspecified atom stereocenters. The minimum atomic E-state index is -0.483. The number of amides is 1. The fourth-order valence-electron chi connectivity index (χ4n) is 4.82. The number of ether oxygens (including phenoxy) is 3. The Morgan fingerprint density at radius 3 is 2.30 bits per heavy atom. The van der Waals surface area contributed by atoms with Gasteiger partial charge in [-0.15, -0.1) is 0 Å². The summed E-state index contributed by atoms with van der Waals surface area (Å²) in [4.78, 5) is 12.9. The van der Waals surface area contributed by atoms with Crippen molar-refractivity contribution in [2.45, 2.75) is 92.6 Å². The molecule has 0 aromatic heterocycles. The van der Waals surface area contributed by atoms with E-state index >= 15 is 0 Å². The zero-order chi connectivity index (χ0) is 27.8. The van der Waals surface area contributed by atoms with Crippen LogP contribution in [-0.2, 0) is 16.0 Å². The van der Waals surface area contributed by atoms with Gasteiger partial charge in [0.05, 0.1) is 19.8 Å². The lowest BCUT2D eigenvalue weighted by atomic mass is 9.82. The van der Waals surface area contributed by atoms with Crippen LogP contribution in [0.25, 0.3) is 0 Å². The Hall–Kier alpha value is -1.79. The molecule has 0 aliphatic carbocycles. The van der Waals surface area contributed by atoms with Crippen LogP contribution in [0.1, 0.15) is 85.6 Å². The second-order valence-corrected chi connectivity index (χ2v) is 11.3. The molecule has 37 heavy (non-hydrogen) atoms. The van der Waals surface area contributed by atoms with E-state index in [1.165, 1.54) is 5.56 Å². The molecule has 4 atom stereocenters. The van der Waals surface area contributed by atoms with Crippen LogP contribution < -0.4 is 14.8 Å². The summed E-state index contributed by atoms with van der Waals surface area (Å²) in [6.45, 7) is 14.9. The molecule has 1 amide bonds. The van der Waals surface area contributed by atoms with Gasteiger partial charge in [-0.1, -0.05) is 54.0 Å². The molecule has 0 saturated carbocycles. The lowest BCUT2D eigenvalue weighted by molar-refractivity contribution is -0.127. The summed E-state index contributed by atoms with van der Waals surface area (Å²) in [7, 11) is 3.35. The number of aliphatic hydroxyl groups excluding tert-OH is 1. The van der Waals surface area contributed by atoms with E-state index in [1.807, 2.05) is 6.07 Å². The number of aliphatic hydroxyl groups is 1. The van der Waals surface area contributed by atoms with Crippen LogP contribution in [0.2, 0.25) is 0 Å². The van der Waals surface area contributed by atoms with Crippen molar-refractivity contribution in [3.05, 3.63) is 23.8 Å². The quantitative estimate of drug-likeness (QED) is 0.197. The number of hydrogen-bond donors (Lipinski definition) is 2. The van der Waals surface area contributed by atoms with Crippen molar-refractivity contribution in [3.63, 3.8) is 0 Å². The van der Waals surface area contributed by atoms with Gasteiger partial charge in [0.15, 0.2) is 11.5 Å². The Balaban J connectivity index is 2.72. The molecule has 0 aliphatic rings. The maximum absolute atomic E-state index is 12.9. The van der Waals surface area contributed by atoms with E-state index in [1.54, 1.807) is 14.2 Å². The van der Waals surface area contributed by atoms with Crippen molar-refractivity contribution in [1.82, 2.24) is 5.32 Å². The molecule has 0 saturated heterocycles. The number of rotatable bonds is 20. The van der Waals surface area contributed by atoms with Crippen LogP contribution in [-0.4, -0.2) is 51.1 Å². The maximum Gasteiger partial charge on any atom is 0.223 e. The van der Waals surface area contributed by atoms with E-state index in [-0.39, 0.29) is 17.7 Å². The molecule has 6 nitrogen and oxygen atoms in total. The van der Waals surface area contributed by atoms with E-state index in [9.17, 15) is 9.90 Å². The molecule has 2 N–H and O–H groups in total. The average Bonchev–Trinajstić information content (AvgIpc) is 2.86. The Bertz CT molecular complexity index is 751. The molecule has 214 valence electrons. The van der Waals surface area contributed by atoms with Crippen molar-refractivity contribution in [3.8, 4) is 11.5 Å². The summed E-state index contributed by atoms with van der Waals surface area (Å²) in [5, 5.41) is 14.0. The smallest absolute Gasteiger partial charge is 0.223 e. The molecule has 0 spiro atoms. The minimum absolute atomic E-state index is 0.0775. The van der Waals surface area contributed by atoms with Crippen LogP contribution in [0.15, 0.2) is 18.2 Å². The van der Waals surface area contributed by atoms with Crippen LogP contribution >= 0.6 is 0 Å². The number of benzene rings is 1. The van der Waals surface area contributed by atoms with E-state index in [0.29, 0.717) is 50.4 Å². The first-order valence-electron chi connectivity index (χ1n) is 14.4. The largest absolute Gasteiger partial charge is 0.493 e. The fourth-order valence-corrected chi connectivity index (χ4v) is 4.82. The highest BCUT2D eigenvalue weighted by molar-refractivity contribution is 5.78. The summed E-state index contributed by atoms with van der Waals surface area (Å²) in [6.07, 6.45) is 5.61. The molecular formula is C31H55NO5. The molecule has 0 aliphatic heterocycles. The Morgan fingerprint density at radius 1 is 0.973 bits per heavy atom. The highest BCUT2D eigenvalue weighted by Crippen LogP contribution is 2.32. The third kappa shape index (κ3) is 13.0. The lowest BCUT2D eigenvalue weighted by Crippen LogP contribution is -2.37. The van der Waals surface area contributed by atoms with Crippen molar-refractivity contribution in [2.75, 3.05) is 34.0 Å². The normalized spacial score (nSPS) is 14.9. The molecule has 0 heterocycles. The highest BCUT2D eigenvalue weighted by atomic mass is 16.5. The first kappa shape index (κ1) is 33.2. The summed E-state index contributed by atoms with van der Waals surface area (Å²) < 4.78 is 16.6. The van der Waals surface area contributed by atoms with E-state index in [2.05, 4.69) is 59.0 Å². The summed E-state index contributed by atoms with van der Waals surface area (Å²) in [5.74, 6) is 2.98.